The van der Waals surface area contributed by atoms with Gasteiger partial charge in [-0.3, -0.25) is 19.1 Å². The first kappa shape index (κ1) is 25.7. The fourth-order valence-corrected chi connectivity index (χ4v) is 4.68. The van der Waals surface area contributed by atoms with Crippen LogP contribution in [0.5, 0.6) is 0 Å². The third kappa shape index (κ3) is 5.08. The van der Waals surface area contributed by atoms with Crippen LogP contribution >= 0.6 is 11.6 Å². The summed E-state index contributed by atoms with van der Waals surface area (Å²) in [4.78, 5) is 29.7. The number of benzene rings is 1. The van der Waals surface area contributed by atoms with E-state index in [-0.39, 0.29) is 39.7 Å². The number of H-pyrrole nitrogens is 1. The molecular formula is C27H25ClF2N6O2. The second-order valence-corrected chi connectivity index (χ2v) is 9.80. The fraction of sp³-hybridized carbons (Fsp3) is 0.296. The molecule has 2 aliphatic carbocycles. The lowest BCUT2D eigenvalue weighted by Gasteiger charge is -2.12. The number of carbonyl (C=O) groups excluding carboxylic acids is 1. The first-order chi connectivity index (χ1) is 18.3. The molecule has 0 saturated heterocycles. The van der Waals surface area contributed by atoms with Crippen molar-refractivity contribution in [2.75, 3.05) is 0 Å². The lowest BCUT2D eigenvalue weighted by molar-refractivity contribution is 0.0947. The summed E-state index contributed by atoms with van der Waals surface area (Å²) in [7, 11) is 0. The molecule has 2 N–H and O–H groups in total. The van der Waals surface area contributed by atoms with Gasteiger partial charge in [0.05, 0.1) is 23.7 Å². The van der Waals surface area contributed by atoms with E-state index in [1.54, 1.807) is 32.2 Å². The van der Waals surface area contributed by atoms with Crippen LogP contribution in [0.3, 0.4) is 0 Å². The Morgan fingerprint density at radius 2 is 2.05 bits per heavy atom. The van der Waals surface area contributed by atoms with Crippen LogP contribution in [0.1, 0.15) is 70.9 Å². The lowest BCUT2D eigenvalue weighted by atomic mass is 10.0. The van der Waals surface area contributed by atoms with Crippen LogP contribution in [0, 0.1) is 12.7 Å². The van der Waals surface area contributed by atoms with Crippen molar-refractivity contribution in [1.29, 1.82) is 0 Å². The second kappa shape index (κ2) is 10.4. The van der Waals surface area contributed by atoms with Crippen molar-refractivity contribution in [1.82, 2.24) is 25.3 Å². The minimum Gasteiger partial charge on any atom is -0.349 e. The standard InChI is InChI=1S/C27H25ClF2N6O2/c1-3-9-31-25(16-5-4-6-17(24(16)30)26(37)33-15-7-8-15)21(29)13-36-14(2)10-20(23(28)27(36)38)18-11-19(18)22-12-32-35-34-22/h3-6,9-10,12-13,15,18-19H,7-8,11H2,1-2H3,(H,33,37)(H,32,34,35)/b9-3+,21-13-,31-25+. The number of halogens is 3. The average molecular weight is 539 g/mol. The van der Waals surface area contributed by atoms with Gasteiger partial charge in [0, 0.05) is 29.4 Å². The average Bonchev–Trinajstić information content (AvgIpc) is 3.83. The maximum absolute atomic E-state index is 15.7. The zero-order chi connectivity index (χ0) is 27.0. The van der Waals surface area contributed by atoms with Crippen molar-refractivity contribution in [3.05, 3.63) is 97.8 Å². The van der Waals surface area contributed by atoms with Crippen LogP contribution in [0.4, 0.5) is 8.78 Å². The van der Waals surface area contributed by atoms with Gasteiger partial charge in [-0.1, -0.05) is 23.7 Å². The van der Waals surface area contributed by atoms with Crippen LogP contribution in [-0.4, -0.2) is 37.6 Å². The highest BCUT2D eigenvalue weighted by Gasteiger charge is 2.43. The summed E-state index contributed by atoms with van der Waals surface area (Å²) >= 11 is 6.45. The molecule has 2 aliphatic rings. The zero-order valence-electron chi connectivity index (χ0n) is 20.7. The SMILES string of the molecule is C/C=C/N=C(/C(F)=C/n1c(C)cc(C2CC2c2cn[nH]n2)c(Cl)c1=O)c1cccc(C(=O)NC2CC2)c1F. The number of rotatable bonds is 8. The van der Waals surface area contributed by atoms with E-state index in [9.17, 15) is 9.59 Å². The number of nitrogens with zero attached hydrogens (tertiary/aromatic N) is 4. The molecule has 3 aromatic rings. The van der Waals surface area contributed by atoms with Crippen LogP contribution in [0.2, 0.25) is 5.02 Å². The largest absolute Gasteiger partial charge is 0.349 e. The van der Waals surface area contributed by atoms with Crippen molar-refractivity contribution < 1.29 is 13.6 Å². The normalized spacial score (nSPS) is 19.7. The molecule has 0 aliphatic heterocycles. The number of hydrogen-bond donors (Lipinski definition) is 2. The Morgan fingerprint density at radius 3 is 2.74 bits per heavy atom. The number of nitrogens with one attached hydrogen (secondary N) is 2. The van der Waals surface area contributed by atoms with Crippen molar-refractivity contribution in [3.8, 4) is 0 Å². The van der Waals surface area contributed by atoms with E-state index in [0.717, 1.165) is 35.7 Å². The summed E-state index contributed by atoms with van der Waals surface area (Å²) in [5.74, 6) is -2.33. The summed E-state index contributed by atoms with van der Waals surface area (Å²) in [5, 5.41) is 13.2. The quantitative estimate of drug-likeness (QED) is 0.393. The highest BCUT2D eigenvalue weighted by molar-refractivity contribution is 6.31. The number of amides is 1. The molecule has 2 fully saturated rings. The smallest absolute Gasteiger partial charge is 0.273 e. The minimum absolute atomic E-state index is 0.00733. The summed E-state index contributed by atoms with van der Waals surface area (Å²) in [5.41, 5.74) is 0.518. The van der Waals surface area contributed by atoms with Gasteiger partial charge >= 0.3 is 0 Å². The molecule has 1 amide bonds. The molecule has 11 heteroatoms. The van der Waals surface area contributed by atoms with E-state index in [4.69, 9.17) is 11.6 Å². The zero-order valence-corrected chi connectivity index (χ0v) is 21.5. The molecule has 0 bridgehead atoms. The summed E-state index contributed by atoms with van der Waals surface area (Å²) in [6, 6.07) is 5.90. The molecule has 2 atom stereocenters. The first-order valence-electron chi connectivity index (χ1n) is 12.2. The van der Waals surface area contributed by atoms with E-state index >= 15 is 8.78 Å². The number of aromatic amines is 1. The molecule has 2 unspecified atom stereocenters. The van der Waals surface area contributed by atoms with Gasteiger partial charge in [-0.2, -0.15) is 15.4 Å². The highest BCUT2D eigenvalue weighted by atomic mass is 35.5. The van der Waals surface area contributed by atoms with Crippen molar-refractivity contribution >= 4 is 29.4 Å². The number of allylic oxidation sites excluding steroid dienone is 2. The van der Waals surface area contributed by atoms with Crippen LogP contribution in [0.15, 0.2) is 58.4 Å². The Labute approximate surface area is 222 Å². The van der Waals surface area contributed by atoms with Gasteiger partial charge in [-0.15, -0.1) is 0 Å². The number of pyridine rings is 1. The number of carbonyl (C=O) groups is 1. The van der Waals surface area contributed by atoms with Gasteiger partial charge < -0.3 is 5.32 Å². The van der Waals surface area contributed by atoms with Gasteiger partial charge in [0.15, 0.2) is 5.83 Å². The predicted molar refractivity (Wildman–Crippen MR) is 141 cm³/mol. The molecule has 38 heavy (non-hydrogen) atoms. The molecule has 2 heterocycles. The molecule has 2 saturated carbocycles. The molecule has 2 aromatic heterocycles. The van der Waals surface area contributed by atoms with Crippen molar-refractivity contribution in [2.24, 2.45) is 4.99 Å². The van der Waals surface area contributed by atoms with Crippen molar-refractivity contribution in [2.45, 2.75) is 51.0 Å². The molecule has 8 nitrogen and oxygen atoms in total. The van der Waals surface area contributed by atoms with E-state index in [1.165, 1.54) is 24.4 Å². The van der Waals surface area contributed by atoms with Gasteiger partial charge in [0.2, 0.25) is 0 Å². The molecule has 0 spiro atoms. The number of aliphatic imine (C=N–C) groups is 1. The van der Waals surface area contributed by atoms with Gasteiger partial charge in [0.25, 0.3) is 11.5 Å². The topological polar surface area (TPSA) is 105 Å². The Bertz CT molecular complexity index is 1540. The first-order valence-corrected chi connectivity index (χ1v) is 12.6. The second-order valence-electron chi connectivity index (χ2n) is 9.43. The molecular weight excluding hydrogens is 514 g/mol. The monoisotopic (exact) mass is 538 g/mol. The predicted octanol–water partition coefficient (Wildman–Crippen LogP) is 5.02. The van der Waals surface area contributed by atoms with Gasteiger partial charge in [-0.25, -0.2) is 8.78 Å². The number of aromatic nitrogens is 4. The number of hydrogen-bond acceptors (Lipinski definition) is 5. The molecule has 196 valence electrons. The summed E-state index contributed by atoms with van der Waals surface area (Å²) < 4.78 is 32.2. The van der Waals surface area contributed by atoms with E-state index < -0.39 is 23.1 Å². The minimum atomic E-state index is -0.970. The third-order valence-electron chi connectivity index (χ3n) is 6.64. The van der Waals surface area contributed by atoms with Crippen molar-refractivity contribution in [3.63, 3.8) is 0 Å². The summed E-state index contributed by atoms with van der Waals surface area (Å²) in [6.45, 7) is 3.33. The third-order valence-corrected chi connectivity index (χ3v) is 7.02. The lowest BCUT2D eigenvalue weighted by Crippen LogP contribution is -2.27. The molecule has 0 radical (unpaired) electrons. The number of aryl methyl sites for hydroxylation is 1. The van der Waals surface area contributed by atoms with Gasteiger partial charge in [-0.05, 0) is 62.8 Å². The summed E-state index contributed by atoms with van der Waals surface area (Å²) in [6.07, 6.45) is 7.89. The highest BCUT2D eigenvalue weighted by Crippen LogP contribution is 2.55. The van der Waals surface area contributed by atoms with Crippen LogP contribution < -0.4 is 10.9 Å². The Hall–Kier alpha value is -3.92. The maximum Gasteiger partial charge on any atom is 0.273 e. The van der Waals surface area contributed by atoms with Crippen LogP contribution in [0.25, 0.3) is 6.20 Å². The molecule has 5 rings (SSSR count). The van der Waals surface area contributed by atoms with Gasteiger partial charge in [0.1, 0.15) is 16.6 Å². The fourth-order valence-electron chi connectivity index (χ4n) is 4.40. The Kier molecular flexibility index (Phi) is 7.07. The molecule has 1 aromatic carbocycles. The van der Waals surface area contributed by atoms with E-state index in [1.807, 2.05) is 0 Å². The van der Waals surface area contributed by atoms with Crippen LogP contribution in [-0.2, 0) is 0 Å². The Morgan fingerprint density at radius 1 is 1.29 bits per heavy atom. The maximum atomic E-state index is 15.7. The van der Waals surface area contributed by atoms with E-state index in [2.05, 4.69) is 25.7 Å². The van der Waals surface area contributed by atoms with E-state index in [0.29, 0.717) is 11.3 Å². The Balaban J connectivity index is 1.50.